The Kier molecular flexibility index (Phi) is 9.73. The number of unbranched alkanes of at least 4 members (excludes halogenated alkanes) is 1. The molecular weight excluding hydrogens is 453 g/mol. The average molecular weight is 477 g/mol. The highest BCUT2D eigenvalue weighted by Gasteiger charge is 2.13. The fourth-order valence-corrected chi connectivity index (χ4v) is 3.47. The molecular formula is C20H24BrCl2NO3. The third kappa shape index (κ3) is 6.84. The first kappa shape index (κ1) is 22.3. The van der Waals surface area contributed by atoms with Crippen molar-refractivity contribution in [2.24, 2.45) is 0 Å². The first-order valence-electron chi connectivity index (χ1n) is 8.89. The number of aliphatic hydroxyl groups excluding tert-OH is 1. The van der Waals surface area contributed by atoms with Gasteiger partial charge in [-0.15, -0.1) is 0 Å². The van der Waals surface area contributed by atoms with Gasteiger partial charge in [-0.05, 0) is 56.1 Å². The Morgan fingerprint density at radius 2 is 1.78 bits per heavy atom. The fourth-order valence-electron chi connectivity index (χ4n) is 2.50. The summed E-state index contributed by atoms with van der Waals surface area (Å²) in [6, 6.07) is 9.25. The molecule has 0 spiro atoms. The van der Waals surface area contributed by atoms with E-state index in [1.54, 1.807) is 18.2 Å². The molecule has 27 heavy (non-hydrogen) atoms. The van der Waals surface area contributed by atoms with Crippen LogP contribution in [0.15, 0.2) is 34.8 Å². The maximum atomic E-state index is 8.84. The van der Waals surface area contributed by atoms with Crippen LogP contribution in [0.2, 0.25) is 10.0 Å². The Morgan fingerprint density at radius 3 is 2.44 bits per heavy atom. The average Bonchev–Trinajstić information content (AvgIpc) is 2.64. The fraction of sp³-hybridized carbons (Fsp3) is 0.400. The van der Waals surface area contributed by atoms with Crippen molar-refractivity contribution in [3.63, 3.8) is 0 Å². The molecule has 0 aromatic heterocycles. The van der Waals surface area contributed by atoms with Crippen molar-refractivity contribution in [3.05, 3.63) is 56.0 Å². The molecule has 2 aromatic rings. The first-order valence-corrected chi connectivity index (χ1v) is 10.4. The number of rotatable bonds is 11. The normalized spacial score (nSPS) is 10.9. The number of hydrogen-bond acceptors (Lipinski definition) is 4. The first-order chi connectivity index (χ1) is 13.1. The molecule has 0 fully saturated rings. The lowest BCUT2D eigenvalue weighted by molar-refractivity contribution is 0.269. The van der Waals surface area contributed by atoms with Crippen LogP contribution in [0.25, 0.3) is 0 Å². The van der Waals surface area contributed by atoms with Gasteiger partial charge in [0.25, 0.3) is 0 Å². The van der Waals surface area contributed by atoms with E-state index < -0.39 is 0 Å². The minimum absolute atomic E-state index is 0.224. The molecule has 0 saturated heterocycles. The van der Waals surface area contributed by atoms with Gasteiger partial charge in [0, 0.05) is 33.2 Å². The monoisotopic (exact) mass is 475 g/mol. The van der Waals surface area contributed by atoms with E-state index in [2.05, 4.69) is 21.2 Å². The van der Waals surface area contributed by atoms with Crippen molar-refractivity contribution in [1.29, 1.82) is 0 Å². The Hall–Kier alpha value is -0.980. The van der Waals surface area contributed by atoms with Crippen LogP contribution in [0.3, 0.4) is 0 Å². The number of benzene rings is 2. The predicted octanol–water partition coefficient (Wildman–Crippen LogP) is 5.60. The zero-order valence-electron chi connectivity index (χ0n) is 15.2. The van der Waals surface area contributed by atoms with Crippen LogP contribution in [-0.2, 0) is 13.2 Å². The molecule has 2 N–H and O–H groups in total. The lowest BCUT2D eigenvalue weighted by Crippen LogP contribution is -2.15. The summed E-state index contributed by atoms with van der Waals surface area (Å²) in [6.07, 6.45) is 1.74. The third-order valence-corrected chi connectivity index (χ3v) is 5.37. The minimum Gasteiger partial charge on any atom is -0.490 e. The molecule has 7 heteroatoms. The smallest absolute Gasteiger partial charge is 0.162 e. The molecule has 0 bridgehead atoms. The summed E-state index contributed by atoms with van der Waals surface area (Å²) >= 11 is 16.0. The zero-order chi connectivity index (χ0) is 19.6. The van der Waals surface area contributed by atoms with Gasteiger partial charge in [-0.2, -0.15) is 0 Å². The van der Waals surface area contributed by atoms with E-state index in [1.165, 1.54) is 0 Å². The molecule has 0 saturated carbocycles. The highest BCUT2D eigenvalue weighted by atomic mass is 79.9. The third-order valence-electron chi connectivity index (χ3n) is 3.92. The van der Waals surface area contributed by atoms with Crippen LogP contribution in [0, 0.1) is 0 Å². The standard InChI is InChI=1S/C20H24BrCl2NO3/c1-2-26-19-10-14(12-24-8-3-4-9-25)16(21)11-20(19)27-13-15-17(22)6-5-7-18(15)23/h5-7,10-11,24-25H,2-4,8-9,12-13H2,1H3. The topological polar surface area (TPSA) is 50.7 Å². The SMILES string of the molecule is CCOc1cc(CNCCCCO)c(Br)cc1OCc1c(Cl)cccc1Cl. The molecule has 0 atom stereocenters. The van der Waals surface area contributed by atoms with Crippen molar-refractivity contribution in [2.45, 2.75) is 32.9 Å². The van der Waals surface area contributed by atoms with E-state index in [-0.39, 0.29) is 13.2 Å². The van der Waals surface area contributed by atoms with E-state index in [9.17, 15) is 0 Å². The molecule has 2 aromatic carbocycles. The predicted molar refractivity (Wildman–Crippen MR) is 114 cm³/mol. The largest absolute Gasteiger partial charge is 0.490 e. The van der Waals surface area contributed by atoms with E-state index in [4.69, 9.17) is 37.8 Å². The molecule has 0 aliphatic rings. The summed E-state index contributed by atoms with van der Waals surface area (Å²) < 4.78 is 12.6. The van der Waals surface area contributed by atoms with Crippen LogP contribution < -0.4 is 14.8 Å². The lowest BCUT2D eigenvalue weighted by atomic mass is 10.2. The molecule has 0 radical (unpaired) electrons. The lowest BCUT2D eigenvalue weighted by Gasteiger charge is -2.16. The second kappa shape index (κ2) is 11.8. The summed E-state index contributed by atoms with van der Waals surface area (Å²) in [6.45, 7) is 4.49. The minimum atomic E-state index is 0.224. The summed E-state index contributed by atoms with van der Waals surface area (Å²) in [5.74, 6) is 1.31. The van der Waals surface area contributed by atoms with Gasteiger partial charge in [0.1, 0.15) is 6.61 Å². The van der Waals surface area contributed by atoms with E-state index in [1.807, 2.05) is 19.1 Å². The molecule has 4 nitrogen and oxygen atoms in total. The van der Waals surface area contributed by atoms with Crippen LogP contribution in [0.5, 0.6) is 11.5 Å². The Bertz CT molecular complexity index is 723. The van der Waals surface area contributed by atoms with E-state index >= 15 is 0 Å². The molecule has 148 valence electrons. The van der Waals surface area contributed by atoms with Gasteiger partial charge in [0.05, 0.1) is 6.61 Å². The van der Waals surface area contributed by atoms with Crippen molar-refractivity contribution in [1.82, 2.24) is 5.32 Å². The summed E-state index contributed by atoms with van der Waals surface area (Å²) in [7, 11) is 0. The second-order valence-electron chi connectivity index (χ2n) is 5.92. The maximum Gasteiger partial charge on any atom is 0.162 e. The molecule has 0 unspecified atom stereocenters. The molecule has 0 amide bonds. The Morgan fingerprint density at radius 1 is 1.07 bits per heavy atom. The van der Waals surface area contributed by atoms with Crippen molar-refractivity contribution >= 4 is 39.1 Å². The summed E-state index contributed by atoms with van der Waals surface area (Å²) in [4.78, 5) is 0. The molecule has 2 rings (SSSR count). The van der Waals surface area contributed by atoms with Crippen LogP contribution in [0.4, 0.5) is 0 Å². The van der Waals surface area contributed by atoms with Crippen LogP contribution >= 0.6 is 39.1 Å². The molecule has 0 aliphatic heterocycles. The van der Waals surface area contributed by atoms with Gasteiger partial charge >= 0.3 is 0 Å². The zero-order valence-corrected chi connectivity index (χ0v) is 18.3. The van der Waals surface area contributed by atoms with E-state index in [0.717, 1.165) is 35.0 Å². The number of halogens is 3. The maximum absolute atomic E-state index is 8.84. The highest BCUT2D eigenvalue weighted by Crippen LogP contribution is 2.35. The van der Waals surface area contributed by atoms with Gasteiger partial charge in [-0.25, -0.2) is 0 Å². The number of ether oxygens (including phenoxy) is 2. The van der Waals surface area contributed by atoms with E-state index in [0.29, 0.717) is 34.7 Å². The molecule has 0 heterocycles. The number of hydrogen-bond donors (Lipinski definition) is 2. The Balaban J connectivity index is 2.10. The van der Waals surface area contributed by atoms with Gasteiger partial charge in [-0.1, -0.05) is 45.2 Å². The second-order valence-corrected chi connectivity index (χ2v) is 7.59. The summed E-state index contributed by atoms with van der Waals surface area (Å²) in [5, 5.41) is 13.3. The Labute approximate surface area is 178 Å². The van der Waals surface area contributed by atoms with Crippen molar-refractivity contribution in [3.8, 4) is 11.5 Å². The highest BCUT2D eigenvalue weighted by molar-refractivity contribution is 9.10. The van der Waals surface area contributed by atoms with Crippen LogP contribution in [-0.4, -0.2) is 24.9 Å². The van der Waals surface area contributed by atoms with Gasteiger partial charge < -0.3 is 19.9 Å². The van der Waals surface area contributed by atoms with Gasteiger partial charge in [-0.3, -0.25) is 0 Å². The number of aliphatic hydroxyl groups is 1. The van der Waals surface area contributed by atoms with Gasteiger partial charge in [0.2, 0.25) is 0 Å². The van der Waals surface area contributed by atoms with Gasteiger partial charge in [0.15, 0.2) is 11.5 Å². The van der Waals surface area contributed by atoms with Crippen molar-refractivity contribution < 1.29 is 14.6 Å². The summed E-state index contributed by atoms with van der Waals surface area (Å²) in [5.41, 5.74) is 1.82. The molecule has 0 aliphatic carbocycles. The quantitative estimate of drug-likeness (QED) is 0.414. The van der Waals surface area contributed by atoms with Crippen molar-refractivity contribution in [2.75, 3.05) is 19.8 Å². The van der Waals surface area contributed by atoms with Crippen LogP contribution in [0.1, 0.15) is 30.9 Å². The number of nitrogens with one attached hydrogen (secondary N) is 1.